The second-order valence-electron chi connectivity index (χ2n) is 4.06. The van der Waals surface area contributed by atoms with Crippen LogP contribution in [0.3, 0.4) is 0 Å². The summed E-state index contributed by atoms with van der Waals surface area (Å²) < 4.78 is 0. The van der Waals surface area contributed by atoms with Gasteiger partial charge in [0.05, 0.1) is 12.5 Å². The highest BCUT2D eigenvalue weighted by Crippen LogP contribution is 2.22. The Morgan fingerprint density at radius 1 is 1.30 bits per heavy atom. The maximum Gasteiger partial charge on any atom is 0.312 e. The molecular formula is C13H14N4O2S. The van der Waals surface area contributed by atoms with E-state index in [0.29, 0.717) is 5.69 Å². The van der Waals surface area contributed by atoms with Crippen molar-refractivity contribution in [2.24, 2.45) is 5.73 Å². The molecule has 0 fully saturated rings. The van der Waals surface area contributed by atoms with Gasteiger partial charge in [0.15, 0.2) is 0 Å². The van der Waals surface area contributed by atoms with Crippen molar-refractivity contribution in [3.8, 4) is 0 Å². The minimum Gasteiger partial charge on any atom is -0.352 e. The molecule has 2 aromatic rings. The van der Waals surface area contributed by atoms with Crippen LogP contribution in [0.1, 0.15) is 17.3 Å². The second-order valence-corrected chi connectivity index (χ2v) is 5.04. The summed E-state index contributed by atoms with van der Waals surface area (Å²) in [5.41, 5.74) is 5.80. The van der Waals surface area contributed by atoms with Crippen molar-refractivity contribution < 1.29 is 9.59 Å². The van der Waals surface area contributed by atoms with E-state index in [2.05, 4.69) is 15.6 Å². The number of carbonyl (C=O) groups is 2. The zero-order chi connectivity index (χ0) is 14.4. The highest BCUT2D eigenvalue weighted by atomic mass is 32.1. The van der Waals surface area contributed by atoms with Crippen molar-refractivity contribution in [2.45, 2.75) is 12.5 Å². The highest BCUT2D eigenvalue weighted by Gasteiger charge is 2.18. The van der Waals surface area contributed by atoms with Crippen LogP contribution in [-0.2, 0) is 4.79 Å². The van der Waals surface area contributed by atoms with Crippen LogP contribution in [0.4, 0.5) is 10.5 Å². The number of urea groups is 1. The van der Waals surface area contributed by atoms with Crippen molar-refractivity contribution in [3.63, 3.8) is 0 Å². The summed E-state index contributed by atoms with van der Waals surface area (Å²) in [4.78, 5) is 27.8. The number of primary amides is 1. The number of nitrogens with zero attached hydrogens (tertiary/aromatic N) is 1. The first kappa shape index (κ1) is 14.0. The van der Waals surface area contributed by atoms with E-state index in [4.69, 9.17) is 5.73 Å². The summed E-state index contributed by atoms with van der Waals surface area (Å²) in [5.74, 6) is -0.205. The van der Waals surface area contributed by atoms with Gasteiger partial charge in [-0.25, -0.2) is 4.79 Å². The Hall–Kier alpha value is -2.41. The van der Waals surface area contributed by atoms with Gasteiger partial charge in [-0.15, -0.1) is 11.3 Å². The Morgan fingerprint density at radius 3 is 2.65 bits per heavy atom. The van der Waals surface area contributed by atoms with Crippen LogP contribution in [0.5, 0.6) is 0 Å². The number of thiophene rings is 1. The molecule has 0 aromatic carbocycles. The molecule has 3 amide bonds. The zero-order valence-corrected chi connectivity index (χ0v) is 11.4. The molecule has 0 saturated carbocycles. The molecule has 0 saturated heterocycles. The van der Waals surface area contributed by atoms with Crippen LogP contribution in [-0.4, -0.2) is 16.9 Å². The molecule has 1 unspecified atom stereocenters. The topological polar surface area (TPSA) is 97.1 Å². The summed E-state index contributed by atoms with van der Waals surface area (Å²) in [5, 5.41) is 7.20. The van der Waals surface area contributed by atoms with Gasteiger partial charge in [-0.05, 0) is 23.6 Å². The molecule has 104 valence electrons. The Bertz CT molecular complexity index is 571. The van der Waals surface area contributed by atoms with Gasteiger partial charge < -0.3 is 16.4 Å². The Kier molecular flexibility index (Phi) is 4.67. The fourth-order valence-corrected chi connectivity index (χ4v) is 2.49. The lowest BCUT2D eigenvalue weighted by molar-refractivity contribution is -0.116. The largest absolute Gasteiger partial charge is 0.352 e. The molecule has 7 heteroatoms. The van der Waals surface area contributed by atoms with E-state index in [1.807, 2.05) is 17.5 Å². The lowest BCUT2D eigenvalue weighted by Gasteiger charge is -2.15. The predicted molar refractivity (Wildman–Crippen MR) is 77.3 cm³/mol. The van der Waals surface area contributed by atoms with E-state index in [0.717, 1.165) is 4.88 Å². The van der Waals surface area contributed by atoms with E-state index < -0.39 is 12.1 Å². The molecule has 2 rings (SSSR count). The SMILES string of the molecule is NC(=O)NC(CC(=O)Nc1ccncc1)c1cccs1. The molecule has 0 aliphatic rings. The highest BCUT2D eigenvalue weighted by molar-refractivity contribution is 7.10. The first-order chi connectivity index (χ1) is 9.65. The molecule has 20 heavy (non-hydrogen) atoms. The lowest BCUT2D eigenvalue weighted by atomic mass is 10.1. The standard InChI is InChI=1S/C13H14N4O2S/c14-13(19)17-10(11-2-1-7-20-11)8-12(18)16-9-3-5-15-6-4-9/h1-7,10H,8H2,(H3,14,17,19)(H,15,16,18). The van der Waals surface area contributed by atoms with Gasteiger partial charge >= 0.3 is 6.03 Å². The zero-order valence-electron chi connectivity index (χ0n) is 10.6. The third kappa shape index (κ3) is 4.06. The van der Waals surface area contributed by atoms with Gasteiger partial charge in [0, 0.05) is 23.0 Å². The quantitative estimate of drug-likeness (QED) is 0.784. The number of nitrogens with two attached hydrogens (primary N) is 1. The monoisotopic (exact) mass is 290 g/mol. The number of rotatable bonds is 5. The van der Waals surface area contributed by atoms with Gasteiger partial charge in [-0.2, -0.15) is 0 Å². The van der Waals surface area contributed by atoms with Crippen LogP contribution in [0.25, 0.3) is 0 Å². The molecule has 0 aliphatic heterocycles. The van der Waals surface area contributed by atoms with Gasteiger partial charge in [-0.3, -0.25) is 9.78 Å². The molecular weight excluding hydrogens is 276 g/mol. The van der Waals surface area contributed by atoms with Crippen molar-refractivity contribution >= 4 is 29.0 Å². The van der Waals surface area contributed by atoms with Crippen LogP contribution in [0, 0.1) is 0 Å². The molecule has 2 heterocycles. The van der Waals surface area contributed by atoms with Crippen LogP contribution < -0.4 is 16.4 Å². The molecule has 0 radical (unpaired) electrons. The Morgan fingerprint density at radius 2 is 2.05 bits per heavy atom. The van der Waals surface area contributed by atoms with Gasteiger partial charge in [0.1, 0.15) is 0 Å². The predicted octanol–water partition coefficient (Wildman–Crippen LogP) is 1.88. The summed E-state index contributed by atoms with van der Waals surface area (Å²) in [6.07, 6.45) is 3.30. The second kappa shape index (κ2) is 6.67. The van der Waals surface area contributed by atoms with E-state index in [1.54, 1.807) is 24.5 Å². The van der Waals surface area contributed by atoms with Gasteiger partial charge in [0.2, 0.25) is 5.91 Å². The number of amides is 3. The average Bonchev–Trinajstić information content (AvgIpc) is 2.92. The number of nitrogens with one attached hydrogen (secondary N) is 2. The third-order valence-electron chi connectivity index (χ3n) is 2.56. The van der Waals surface area contributed by atoms with E-state index in [-0.39, 0.29) is 12.3 Å². The van der Waals surface area contributed by atoms with Crippen LogP contribution >= 0.6 is 11.3 Å². The molecule has 6 nitrogen and oxygen atoms in total. The first-order valence-electron chi connectivity index (χ1n) is 5.94. The summed E-state index contributed by atoms with van der Waals surface area (Å²) in [7, 11) is 0. The molecule has 2 aromatic heterocycles. The van der Waals surface area contributed by atoms with Gasteiger partial charge in [0.25, 0.3) is 0 Å². The van der Waals surface area contributed by atoms with Crippen molar-refractivity contribution in [2.75, 3.05) is 5.32 Å². The van der Waals surface area contributed by atoms with Crippen molar-refractivity contribution in [1.82, 2.24) is 10.3 Å². The van der Waals surface area contributed by atoms with Crippen molar-refractivity contribution in [1.29, 1.82) is 0 Å². The van der Waals surface area contributed by atoms with E-state index in [1.165, 1.54) is 11.3 Å². The smallest absolute Gasteiger partial charge is 0.312 e. The molecule has 0 bridgehead atoms. The Labute approximate surface area is 120 Å². The summed E-state index contributed by atoms with van der Waals surface area (Å²) >= 11 is 1.46. The van der Waals surface area contributed by atoms with Crippen LogP contribution in [0.15, 0.2) is 42.0 Å². The van der Waals surface area contributed by atoms with E-state index >= 15 is 0 Å². The minimum atomic E-state index is -0.653. The van der Waals surface area contributed by atoms with Crippen LogP contribution in [0.2, 0.25) is 0 Å². The number of pyridine rings is 1. The molecule has 0 spiro atoms. The maximum absolute atomic E-state index is 12.0. The van der Waals surface area contributed by atoms with Gasteiger partial charge in [-0.1, -0.05) is 6.07 Å². The summed E-state index contributed by atoms with van der Waals surface area (Å²) in [6.45, 7) is 0. The number of carbonyl (C=O) groups excluding carboxylic acids is 2. The number of hydrogen-bond donors (Lipinski definition) is 3. The fourth-order valence-electron chi connectivity index (χ4n) is 1.72. The average molecular weight is 290 g/mol. The number of aromatic nitrogens is 1. The Balaban J connectivity index is 2.00. The normalized spacial score (nSPS) is 11.6. The number of hydrogen-bond acceptors (Lipinski definition) is 4. The lowest BCUT2D eigenvalue weighted by Crippen LogP contribution is -2.34. The summed E-state index contributed by atoms with van der Waals surface area (Å²) in [6, 6.07) is 6.02. The minimum absolute atomic E-state index is 0.117. The molecule has 4 N–H and O–H groups in total. The third-order valence-corrected chi connectivity index (χ3v) is 3.54. The number of anilines is 1. The molecule has 1 atom stereocenters. The molecule has 0 aliphatic carbocycles. The fraction of sp³-hybridized carbons (Fsp3) is 0.154. The first-order valence-corrected chi connectivity index (χ1v) is 6.82. The van der Waals surface area contributed by atoms with Crippen molar-refractivity contribution in [3.05, 3.63) is 46.9 Å². The van der Waals surface area contributed by atoms with E-state index in [9.17, 15) is 9.59 Å². The maximum atomic E-state index is 12.0.